The first-order valence-corrected chi connectivity index (χ1v) is 8.67. The van der Waals surface area contributed by atoms with Crippen molar-refractivity contribution in [1.82, 2.24) is 4.90 Å². The zero-order chi connectivity index (χ0) is 18.7. The number of nitrogens with zero attached hydrogens (tertiary/aromatic N) is 3. The smallest absolute Gasteiger partial charge is 0.269 e. The minimum Gasteiger partial charge on any atom is -0.383 e. The lowest BCUT2D eigenvalue weighted by atomic mass is 9.74. The van der Waals surface area contributed by atoms with Gasteiger partial charge in [0.25, 0.3) is 5.70 Å². The van der Waals surface area contributed by atoms with Gasteiger partial charge < -0.3 is 4.90 Å². The normalized spacial score (nSPS) is 19.3. The summed E-state index contributed by atoms with van der Waals surface area (Å²) >= 11 is 6.06. The molecule has 0 spiro atoms. The van der Waals surface area contributed by atoms with Crippen LogP contribution in [0.1, 0.15) is 29.0 Å². The highest BCUT2D eigenvalue weighted by atomic mass is 35.5. The molecule has 1 aliphatic carbocycles. The lowest BCUT2D eigenvalue weighted by molar-refractivity contribution is 0.555. The second-order valence-electron chi connectivity index (χ2n) is 6.46. The first-order chi connectivity index (χ1) is 12.5. The summed E-state index contributed by atoms with van der Waals surface area (Å²) in [6, 6.07) is 18.0. The molecule has 0 saturated carbocycles. The molecule has 0 aliphatic heterocycles. The second-order valence-corrected chi connectivity index (χ2v) is 6.90. The Morgan fingerprint density at radius 2 is 1.92 bits per heavy atom. The van der Waals surface area contributed by atoms with Crippen LogP contribution in [-0.2, 0) is 0 Å². The monoisotopic (exact) mass is 359 g/mol. The highest BCUT2D eigenvalue weighted by Crippen LogP contribution is 2.46. The summed E-state index contributed by atoms with van der Waals surface area (Å²) in [4.78, 5) is 5.45. The maximum Gasteiger partial charge on any atom is 0.269 e. The van der Waals surface area contributed by atoms with Gasteiger partial charge in [-0.15, -0.1) is 0 Å². The second kappa shape index (κ2) is 7.48. The molecule has 1 aliphatic rings. The lowest BCUT2D eigenvalue weighted by Crippen LogP contribution is -2.16. The maximum absolute atomic E-state index is 9.49. The van der Waals surface area contributed by atoms with Crippen LogP contribution in [0, 0.1) is 17.9 Å². The zero-order valence-corrected chi connectivity index (χ0v) is 15.5. The Kier molecular flexibility index (Phi) is 5.12. The van der Waals surface area contributed by atoms with E-state index in [4.69, 9.17) is 18.2 Å². The molecule has 0 N–H and O–H groups in total. The van der Waals surface area contributed by atoms with Crippen molar-refractivity contribution in [1.29, 1.82) is 5.26 Å². The van der Waals surface area contributed by atoms with Crippen LogP contribution in [0.3, 0.4) is 0 Å². The average Bonchev–Trinajstić information content (AvgIpc) is 2.64. The molecule has 0 aromatic heterocycles. The van der Waals surface area contributed by atoms with Crippen LogP contribution in [0.5, 0.6) is 0 Å². The van der Waals surface area contributed by atoms with Crippen molar-refractivity contribution in [2.45, 2.75) is 12.3 Å². The molecule has 0 amide bonds. The third kappa shape index (κ3) is 3.36. The summed E-state index contributed by atoms with van der Waals surface area (Å²) in [6.07, 6.45) is 2.74. The van der Waals surface area contributed by atoms with E-state index in [1.165, 1.54) is 5.56 Å². The van der Waals surface area contributed by atoms with E-state index in [0.29, 0.717) is 5.02 Å². The van der Waals surface area contributed by atoms with E-state index in [-0.39, 0.29) is 11.6 Å². The van der Waals surface area contributed by atoms with Crippen LogP contribution < -0.4 is 0 Å². The maximum atomic E-state index is 9.49. The molecule has 4 heteroatoms. The van der Waals surface area contributed by atoms with Gasteiger partial charge in [0.05, 0.1) is 12.6 Å². The minimum absolute atomic E-state index is 0.139. The topological polar surface area (TPSA) is 31.4 Å². The number of nitriles is 1. The molecule has 0 radical (unpaired) electrons. The van der Waals surface area contributed by atoms with Crippen LogP contribution in [0.25, 0.3) is 10.4 Å². The Balaban J connectivity index is 2.27. The molecule has 3 nitrogen and oxygen atoms in total. The molecular weight excluding hydrogens is 342 g/mol. The van der Waals surface area contributed by atoms with Gasteiger partial charge in [-0.05, 0) is 40.8 Å². The number of halogens is 1. The fraction of sp³-hybridized carbons (Fsp3) is 0.182. The van der Waals surface area contributed by atoms with Crippen molar-refractivity contribution in [3.63, 3.8) is 0 Å². The standard InChI is InChI=1S/C22H18ClN3/c1-25-21(13-24)22-16(14-26(2)3)12-20(15-8-10-17(23)11-9-15)18-6-4-5-7-19(18)22/h4-11,14,20H,12H2,2-3H3/b16-14+,22-21-. The quantitative estimate of drug-likeness (QED) is 0.525. The van der Waals surface area contributed by atoms with Gasteiger partial charge in [0.1, 0.15) is 0 Å². The number of hydrogen-bond donors (Lipinski definition) is 0. The van der Waals surface area contributed by atoms with E-state index >= 15 is 0 Å². The number of rotatable bonds is 2. The summed E-state index contributed by atoms with van der Waals surface area (Å²) in [6.45, 7) is 7.44. The Morgan fingerprint density at radius 1 is 1.23 bits per heavy atom. The van der Waals surface area contributed by atoms with E-state index in [1.54, 1.807) is 0 Å². The van der Waals surface area contributed by atoms with E-state index in [1.807, 2.05) is 67.7 Å². The third-order valence-electron chi connectivity index (χ3n) is 4.49. The Bertz CT molecular complexity index is 954. The number of allylic oxidation sites excluding steroid dienone is 3. The molecule has 2 aromatic carbocycles. The predicted octanol–water partition coefficient (Wildman–Crippen LogP) is 5.48. The fourth-order valence-electron chi connectivity index (χ4n) is 3.47. The van der Waals surface area contributed by atoms with E-state index in [9.17, 15) is 5.26 Å². The summed E-state index contributed by atoms with van der Waals surface area (Å²) in [7, 11) is 3.90. The van der Waals surface area contributed by atoms with Crippen LogP contribution in [0.2, 0.25) is 5.02 Å². The average molecular weight is 360 g/mol. The molecule has 128 valence electrons. The van der Waals surface area contributed by atoms with Crippen LogP contribution in [0.4, 0.5) is 0 Å². The van der Waals surface area contributed by atoms with E-state index < -0.39 is 0 Å². The van der Waals surface area contributed by atoms with Crippen LogP contribution >= 0.6 is 11.6 Å². The molecule has 2 aromatic rings. The summed E-state index contributed by atoms with van der Waals surface area (Å²) in [5, 5.41) is 10.2. The molecule has 0 fully saturated rings. The SMILES string of the molecule is [C-]#[N+]/C(C#N)=C1/C(=C/N(C)C)CC(c2ccc(Cl)cc2)c2ccccc21. The van der Waals surface area contributed by atoms with Gasteiger partial charge >= 0.3 is 0 Å². The van der Waals surface area contributed by atoms with Gasteiger partial charge in [0.2, 0.25) is 0 Å². The molecule has 1 atom stereocenters. The Morgan fingerprint density at radius 3 is 2.54 bits per heavy atom. The largest absolute Gasteiger partial charge is 0.383 e. The first kappa shape index (κ1) is 17.8. The summed E-state index contributed by atoms with van der Waals surface area (Å²) < 4.78 is 0. The summed E-state index contributed by atoms with van der Waals surface area (Å²) in [5.41, 5.74) is 5.15. The van der Waals surface area contributed by atoms with Crippen molar-refractivity contribution < 1.29 is 0 Å². The van der Waals surface area contributed by atoms with Crippen molar-refractivity contribution in [3.8, 4) is 6.07 Å². The molecule has 0 bridgehead atoms. The molecule has 1 unspecified atom stereocenters. The number of hydrogen-bond acceptors (Lipinski definition) is 2. The van der Waals surface area contributed by atoms with Crippen molar-refractivity contribution in [2.24, 2.45) is 0 Å². The van der Waals surface area contributed by atoms with Gasteiger partial charge in [-0.25, -0.2) is 10.1 Å². The lowest BCUT2D eigenvalue weighted by Gasteiger charge is -2.31. The molecule has 0 heterocycles. The number of benzene rings is 2. The van der Waals surface area contributed by atoms with Gasteiger partial charge in [0, 0.05) is 36.8 Å². The predicted molar refractivity (Wildman–Crippen MR) is 105 cm³/mol. The molecule has 0 saturated heterocycles. The molecular formula is C22H18ClN3. The third-order valence-corrected chi connectivity index (χ3v) is 4.74. The number of fused-ring (bicyclic) bond motifs is 1. The van der Waals surface area contributed by atoms with Crippen molar-refractivity contribution in [3.05, 3.63) is 99.1 Å². The highest BCUT2D eigenvalue weighted by molar-refractivity contribution is 6.30. The van der Waals surface area contributed by atoms with Gasteiger partial charge in [-0.1, -0.05) is 48.0 Å². The van der Waals surface area contributed by atoms with E-state index in [0.717, 1.165) is 28.7 Å². The minimum atomic E-state index is 0.139. The summed E-state index contributed by atoms with van der Waals surface area (Å²) in [5.74, 6) is 0.157. The Hall–Kier alpha value is -3.01. The zero-order valence-electron chi connectivity index (χ0n) is 14.7. The molecule has 26 heavy (non-hydrogen) atoms. The molecule has 3 rings (SSSR count). The highest BCUT2D eigenvalue weighted by Gasteiger charge is 2.30. The van der Waals surface area contributed by atoms with Crippen LogP contribution in [0.15, 0.2) is 66.0 Å². The van der Waals surface area contributed by atoms with Crippen LogP contribution in [-0.4, -0.2) is 19.0 Å². The first-order valence-electron chi connectivity index (χ1n) is 8.29. The van der Waals surface area contributed by atoms with Gasteiger partial charge in [-0.2, -0.15) is 0 Å². The fourth-order valence-corrected chi connectivity index (χ4v) is 3.60. The van der Waals surface area contributed by atoms with Gasteiger partial charge in [0.15, 0.2) is 0 Å². The van der Waals surface area contributed by atoms with E-state index in [2.05, 4.69) is 17.0 Å². The Labute approximate surface area is 159 Å². The van der Waals surface area contributed by atoms with Gasteiger partial charge in [-0.3, -0.25) is 0 Å². The van der Waals surface area contributed by atoms with Crippen molar-refractivity contribution in [2.75, 3.05) is 14.1 Å². The van der Waals surface area contributed by atoms with Crippen molar-refractivity contribution >= 4 is 17.2 Å².